The molecule has 1 unspecified atom stereocenters. The van der Waals surface area contributed by atoms with E-state index in [0.717, 1.165) is 16.6 Å². The molecule has 1 aliphatic rings. The summed E-state index contributed by atoms with van der Waals surface area (Å²) in [4.78, 5) is 24.9. The van der Waals surface area contributed by atoms with Crippen molar-refractivity contribution in [3.8, 4) is 5.75 Å². The smallest absolute Gasteiger partial charge is 0.228 e. The average Bonchev–Trinajstić information content (AvgIpc) is 3.14. The van der Waals surface area contributed by atoms with Crippen LogP contribution in [0.1, 0.15) is 23.5 Å². The summed E-state index contributed by atoms with van der Waals surface area (Å²) in [6, 6.07) is 11.2. The molecule has 0 bridgehead atoms. The van der Waals surface area contributed by atoms with Crippen LogP contribution in [0.3, 0.4) is 0 Å². The second-order valence-corrected chi connectivity index (χ2v) is 6.14. The van der Waals surface area contributed by atoms with Crippen LogP contribution in [0, 0.1) is 0 Å². The maximum atomic E-state index is 12.8. The van der Waals surface area contributed by atoms with Crippen LogP contribution in [0.15, 0.2) is 48.8 Å². The van der Waals surface area contributed by atoms with E-state index in [0.29, 0.717) is 18.0 Å². The van der Waals surface area contributed by atoms with E-state index in [1.165, 1.54) is 7.11 Å². The molecule has 1 aromatic carbocycles. The van der Waals surface area contributed by atoms with Gasteiger partial charge in [-0.15, -0.1) is 0 Å². The van der Waals surface area contributed by atoms with Gasteiger partial charge in [-0.2, -0.15) is 5.10 Å². The predicted molar refractivity (Wildman–Crippen MR) is 96.0 cm³/mol. The summed E-state index contributed by atoms with van der Waals surface area (Å²) in [5, 5.41) is 9.94. The summed E-state index contributed by atoms with van der Waals surface area (Å²) in [5.41, 5.74) is 3.24. The second kappa shape index (κ2) is 6.51. The van der Waals surface area contributed by atoms with Gasteiger partial charge in [0.1, 0.15) is 5.75 Å². The van der Waals surface area contributed by atoms with Crippen LogP contribution in [0.5, 0.6) is 5.75 Å². The monoisotopic (exact) mass is 350 g/mol. The Balaban J connectivity index is 1.57. The van der Waals surface area contributed by atoms with Crippen molar-refractivity contribution in [3.63, 3.8) is 0 Å². The largest absolute Gasteiger partial charge is 0.495 e. The Labute approximate surface area is 150 Å². The van der Waals surface area contributed by atoms with Crippen molar-refractivity contribution in [1.29, 1.82) is 0 Å². The third kappa shape index (κ3) is 2.77. The Morgan fingerprint density at radius 2 is 2.23 bits per heavy atom. The molecule has 1 atom stereocenters. The maximum absolute atomic E-state index is 12.8. The van der Waals surface area contributed by atoms with E-state index in [2.05, 4.69) is 15.7 Å². The van der Waals surface area contributed by atoms with Gasteiger partial charge in [-0.1, -0.05) is 18.2 Å². The zero-order valence-electron chi connectivity index (χ0n) is 14.2. The lowest BCUT2D eigenvalue weighted by Crippen LogP contribution is -2.35. The summed E-state index contributed by atoms with van der Waals surface area (Å²) in [7, 11) is 1.54. The molecule has 3 aromatic rings. The molecule has 2 aromatic heterocycles. The standard InChI is InChI=1S/C19H18N4O3/c1-26-16-6-2-5-13-14(10-17(24)22-18(13)16)19(25)20-11-12-4-3-9-23-15(12)7-8-21-23/h2-9,14H,10-11H2,1H3,(H,20,25)(H,22,24). The molecule has 0 aliphatic carbocycles. The minimum atomic E-state index is -0.543. The van der Waals surface area contributed by atoms with E-state index in [4.69, 9.17) is 4.74 Å². The van der Waals surface area contributed by atoms with Gasteiger partial charge in [0.25, 0.3) is 0 Å². The molecule has 2 amide bonds. The van der Waals surface area contributed by atoms with Crippen LogP contribution in [0.25, 0.3) is 5.52 Å². The number of carbonyl (C=O) groups excluding carboxylic acids is 2. The number of rotatable bonds is 4. The molecule has 0 fully saturated rings. The molecule has 1 aliphatic heterocycles. The Kier molecular flexibility index (Phi) is 4.04. The number of amides is 2. The van der Waals surface area contributed by atoms with E-state index in [9.17, 15) is 9.59 Å². The highest BCUT2D eigenvalue weighted by Crippen LogP contribution is 2.38. The lowest BCUT2D eigenvalue weighted by atomic mass is 9.89. The van der Waals surface area contributed by atoms with Gasteiger partial charge in [0.05, 0.1) is 24.2 Å². The minimum absolute atomic E-state index is 0.114. The fraction of sp³-hybridized carbons (Fsp3) is 0.211. The lowest BCUT2D eigenvalue weighted by Gasteiger charge is -2.26. The van der Waals surface area contributed by atoms with Crippen LogP contribution in [-0.4, -0.2) is 28.5 Å². The van der Waals surface area contributed by atoms with Crippen LogP contribution < -0.4 is 15.4 Å². The molecular weight excluding hydrogens is 332 g/mol. The summed E-state index contributed by atoms with van der Waals surface area (Å²) < 4.78 is 7.06. The molecule has 7 heteroatoms. The third-order valence-corrected chi connectivity index (χ3v) is 4.60. The Bertz CT molecular complexity index is 995. The molecule has 0 saturated carbocycles. The number of carbonyl (C=O) groups is 2. The van der Waals surface area contributed by atoms with Crippen LogP contribution in [-0.2, 0) is 16.1 Å². The molecule has 4 rings (SSSR count). The van der Waals surface area contributed by atoms with Crippen molar-refractivity contribution < 1.29 is 14.3 Å². The van der Waals surface area contributed by atoms with Gasteiger partial charge in [0, 0.05) is 25.4 Å². The van der Waals surface area contributed by atoms with Gasteiger partial charge in [-0.25, -0.2) is 4.52 Å². The van der Waals surface area contributed by atoms with Crippen molar-refractivity contribution in [2.75, 3.05) is 12.4 Å². The number of methoxy groups -OCH3 is 1. The van der Waals surface area contributed by atoms with Crippen molar-refractivity contribution in [3.05, 3.63) is 59.9 Å². The molecule has 7 nitrogen and oxygen atoms in total. The van der Waals surface area contributed by atoms with Gasteiger partial charge < -0.3 is 15.4 Å². The molecular formula is C19H18N4O3. The summed E-state index contributed by atoms with van der Waals surface area (Å²) in [5.74, 6) is -0.369. The molecule has 0 spiro atoms. The first-order chi connectivity index (χ1) is 12.7. The van der Waals surface area contributed by atoms with Gasteiger partial charge in [-0.05, 0) is 29.3 Å². The molecule has 26 heavy (non-hydrogen) atoms. The molecule has 2 N–H and O–H groups in total. The fourth-order valence-corrected chi connectivity index (χ4v) is 3.33. The highest BCUT2D eigenvalue weighted by molar-refractivity contribution is 6.02. The van der Waals surface area contributed by atoms with Gasteiger partial charge in [-0.3, -0.25) is 9.59 Å². The van der Waals surface area contributed by atoms with E-state index >= 15 is 0 Å². The van der Waals surface area contributed by atoms with Crippen molar-refractivity contribution in [2.45, 2.75) is 18.9 Å². The molecule has 0 radical (unpaired) electrons. The predicted octanol–water partition coefficient (Wildman–Crippen LogP) is 2.09. The normalized spacial score (nSPS) is 16.0. The average molecular weight is 350 g/mol. The summed E-state index contributed by atoms with van der Waals surface area (Å²) >= 11 is 0. The number of fused-ring (bicyclic) bond motifs is 2. The van der Waals surface area contributed by atoms with E-state index in [-0.39, 0.29) is 18.2 Å². The Morgan fingerprint density at radius 1 is 1.35 bits per heavy atom. The number of hydrogen-bond acceptors (Lipinski definition) is 4. The van der Waals surface area contributed by atoms with Gasteiger partial charge in [0.2, 0.25) is 11.8 Å². The Morgan fingerprint density at radius 3 is 3.08 bits per heavy atom. The third-order valence-electron chi connectivity index (χ3n) is 4.60. The van der Waals surface area contributed by atoms with E-state index in [1.54, 1.807) is 16.8 Å². The number of anilines is 1. The highest BCUT2D eigenvalue weighted by atomic mass is 16.5. The first kappa shape index (κ1) is 16.1. The number of ether oxygens (including phenoxy) is 1. The number of nitrogens with zero attached hydrogens (tertiary/aromatic N) is 2. The molecule has 0 saturated heterocycles. The van der Waals surface area contributed by atoms with Crippen molar-refractivity contribution >= 4 is 23.0 Å². The van der Waals surface area contributed by atoms with Crippen LogP contribution in [0.4, 0.5) is 5.69 Å². The number of nitrogens with one attached hydrogen (secondary N) is 2. The van der Waals surface area contributed by atoms with Crippen molar-refractivity contribution in [1.82, 2.24) is 14.9 Å². The van der Waals surface area contributed by atoms with Gasteiger partial charge >= 0.3 is 0 Å². The molecule has 3 heterocycles. The van der Waals surface area contributed by atoms with Crippen molar-refractivity contribution in [2.24, 2.45) is 0 Å². The topological polar surface area (TPSA) is 84.7 Å². The number of para-hydroxylation sites is 1. The second-order valence-electron chi connectivity index (χ2n) is 6.14. The highest BCUT2D eigenvalue weighted by Gasteiger charge is 2.32. The lowest BCUT2D eigenvalue weighted by molar-refractivity contribution is -0.126. The number of benzene rings is 1. The quantitative estimate of drug-likeness (QED) is 0.754. The zero-order chi connectivity index (χ0) is 18.1. The van der Waals surface area contributed by atoms with Crippen LogP contribution in [0.2, 0.25) is 0 Å². The number of hydrogen-bond donors (Lipinski definition) is 2. The SMILES string of the molecule is COc1cccc2c1NC(=O)CC2C(=O)NCc1cccn2nccc12. The van der Waals surface area contributed by atoms with E-state index in [1.807, 2.05) is 36.5 Å². The summed E-state index contributed by atoms with van der Waals surface area (Å²) in [6.45, 7) is 0.367. The van der Waals surface area contributed by atoms with E-state index < -0.39 is 5.92 Å². The Hall–Kier alpha value is -3.35. The first-order valence-electron chi connectivity index (χ1n) is 8.33. The summed E-state index contributed by atoms with van der Waals surface area (Å²) in [6.07, 6.45) is 3.69. The maximum Gasteiger partial charge on any atom is 0.228 e. The number of aromatic nitrogens is 2. The minimum Gasteiger partial charge on any atom is -0.495 e. The van der Waals surface area contributed by atoms with Crippen LogP contribution >= 0.6 is 0 Å². The zero-order valence-corrected chi connectivity index (χ0v) is 14.2. The fourth-order valence-electron chi connectivity index (χ4n) is 3.33. The number of pyridine rings is 1. The molecule has 132 valence electrons. The van der Waals surface area contributed by atoms with Gasteiger partial charge in [0.15, 0.2) is 0 Å². The first-order valence-corrected chi connectivity index (χ1v) is 8.33.